The van der Waals surface area contributed by atoms with Crippen LogP contribution < -0.4 is 10.2 Å². The zero-order valence-corrected chi connectivity index (χ0v) is 19.2. The van der Waals surface area contributed by atoms with Crippen LogP contribution in [0.15, 0.2) is 23.1 Å². The minimum atomic E-state index is -1.23. The summed E-state index contributed by atoms with van der Waals surface area (Å²) in [6.45, 7) is 7.23. The molecule has 168 valence electrons. The minimum Gasteiger partial charge on any atom is -0.490 e. The molecule has 0 amide bonds. The molecule has 3 rings (SSSR count). The van der Waals surface area contributed by atoms with E-state index < -0.39 is 11.4 Å². The van der Waals surface area contributed by atoms with Gasteiger partial charge in [0.2, 0.25) is 0 Å². The van der Waals surface area contributed by atoms with E-state index in [1.165, 1.54) is 12.3 Å². The normalized spacial score (nSPS) is 17.6. The average Bonchev–Trinajstić information content (AvgIpc) is 3.06. The minimum absolute atomic E-state index is 0.0400. The number of pyridine rings is 2. The fourth-order valence-electron chi connectivity index (χ4n) is 4.29. The van der Waals surface area contributed by atoms with E-state index in [-0.39, 0.29) is 22.2 Å². The summed E-state index contributed by atoms with van der Waals surface area (Å²) in [6, 6.07) is 3.21. The van der Waals surface area contributed by atoms with Gasteiger partial charge in [0.15, 0.2) is 16.3 Å². The third-order valence-electron chi connectivity index (χ3n) is 5.97. The highest BCUT2D eigenvalue weighted by molar-refractivity contribution is 6.31. The van der Waals surface area contributed by atoms with Crippen molar-refractivity contribution in [2.45, 2.75) is 52.5 Å². The van der Waals surface area contributed by atoms with Gasteiger partial charge in [0.25, 0.3) is 0 Å². The van der Waals surface area contributed by atoms with Gasteiger partial charge in [-0.15, -0.1) is 0 Å². The van der Waals surface area contributed by atoms with E-state index in [2.05, 4.69) is 18.8 Å². The summed E-state index contributed by atoms with van der Waals surface area (Å²) < 4.78 is 12.7. The van der Waals surface area contributed by atoms with Crippen LogP contribution in [-0.4, -0.2) is 41.0 Å². The number of rotatable bonds is 8. The molecule has 2 heterocycles. The lowest BCUT2D eigenvalue weighted by Gasteiger charge is -2.32. The Morgan fingerprint density at radius 1 is 1.35 bits per heavy atom. The summed E-state index contributed by atoms with van der Waals surface area (Å²) in [7, 11) is 1.63. The summed E-state index contributed by atoms with van der Waals surface area (Å²) in [6.07, 6.45) is 5.14. The Kier molecular flexibility index (Phi) is 7.06. The number of carboxylic acids is 1. The zero-order valence-electron chi connectivity index (χ0n) is 18.4. The Bertz CT molecular complexity index is 1030. The number of carboxylic acid groups (broad SMARTS) is 1. The Labute approximate surface area is 187 Å². The molecule has 1 aliphatic carbocycles. The summed E-state index contributed by atoms with van der Waals surface area (Å²) in [5.41, 5.74) is 1.08. The van der Waals surface area contributed by atoms with Crippen molar-refractivity contribution in [3.05, 3.63) is 44.8 Å². The Morgan fingerprint density at radius 2 is 2.10 bits per heavy atom. The van der Waals surface area contributed by atoms with Crippen molar-refractivity contribution in [2.75, 3.05) is 20.3 Å². The number of aromatic carboxylic acids is 1. The van der Waals surface area contributed by atoms with Crippen molar-refractivity contribution >= 4 is 17.6 Å². The van der Waals surface area contributed by atoms with Gasteiger partial charge in [-0.1, -0.05) is 31.9 Å². The van der Waals surface area contributed by atoms with Crippen molar-refractivity contribution in [1.82, 2.24) is 9.55 Å². The van der Waals surface area contributed by atoms with E-state index in [1.807, 2.05) is 11.5 Å². The van der Waals surface area contributed by atoms with Crippen LogP contribution in [-0.2, 0) is 4.74 Å². The molecule has 2 aromatic rings. The number of aromatic nitrogens is 2. The van der Waals surface area contributed by atoms with Gasteiger partial charge >= 0.3 is 5.97 Å². The monoisotopic (exact) mass is 448 g/mol. The van der Waals surface area contributed by atoms with E-state index in [1.54, 1.807) is 13.2 Å². The van der Waals surface area contributed by atoms with E-state index in [4.69, 9.17) is 21.1 Å². The van der Waals surface area contributed by atoms with E-state index in [9.17, 15) is 14.7 Å². The molecule has 0 radical (unpaired) electrons. The maximum atomic E-state index is 12.6. The number of ether oxygens (including phenoxy) is 2. The Hall–Kier alpha value is -2.38. The number of hydrogen-bond acceptors (Lipinski definition) is 5. The van der Waals surface area contributed by atoms with Crippen LogP contribution in [0.4, 0.5) is 0 Å². The largest absolute Gasteiger partial charge is 0.490 e. The van der Waals surface area contributed by atoms with Gasteiger partial charge in [-0.25, -0.2) is 9.78 Å². The number of halogens is 1. The molecule has 0 aliphatic heterocycles. The topological polar surface area (TPSA) is 90.6 Å². The van der Waals surface area contributed by atoms with Crippen molar-refractivity contribution in [3.63, 3.8) is 0 Å². The second-order valence-corrected chi connectivity index (χ2v) is 9.04. The van der Waals surface area contributed by atoms with Crippen LogP contribution in [0.2, 0.25) is 5.15 Å². The number of aryl methyl sites for hydroxylation is 1. The zero-order chi connectivity index (χ0) is 22.8. The van der Waals surface area contributed by atoms with Gasteiger partial charge in [-0.3, -0.25) is 4.79 Å². The number of carbonyl (C=O) groups is 1. The summed E-state index contributed by atoms with van der Waals surface area (Å²) >= 11 is 6.40. The summed E-state index contributed by atoms with van der Waals surface area (Å²) in [4.78, 5) is 28.7. The smallest absolute Gasteiger partial charge is 0.341 e. The molecule has 7 nitrogen and oxygen atoms in total. The lowest BCUT2D eigenvalue weighted by atomic mass is 9.86. The molecule has 0 spiro atoms. The van der Waals surface area contributed by atoms with Crippen LogP contribution in [0.3, 0.4) is 0 Å². The molecule has 1 N–H and O–H groups in total. The molecule has 0 saturated heterocycles. The lowest BCUT2D eigenvalue weighted by molar-refractivity contribution is 0.0694. The summed E-state index contributed by atoms with van der Waals surface area (Å²) in [5, 5.41) is 9.70. The molecular formula is C23H29ClN2O5. The summed E-state index contributed by atoms with van der Waals surface area (Å²) in [5.74, 6) is -0.764. The maximum Gasteiger partial charge on any atom is 0.341 e. The molecule has 0 unspecified atom stereocenters. The first-order valence-corrected chi connectivity index (χ1v) is 10.8. The second kappa shape index (κ2) is 9.40. The number of methoxy groups -OCH3 is 1. The van der Waals surface area contributed by atoms with Crippen molar-refractivity contribution in [2.24, 2.45) is 5.41 Å². The highest BCUT2D eigenvalue weighted by Gasteiger charge is 2.37. The Balaban J connectivity index is 2.09. The van der Waals surface area contributed by atoms with Crippen LogP contribution in [0.5, 0.6) is 5.75 Å². The third kappa shape index (κ3) is 4.93. The predicted molar refractivity (Wildman–Crippen MR) is 119 cm³/mol. The number of nitrogens with zero attached hydrogens (tertiary/aromatic N) is 2. The van der Waals surface area contributed by atoms with E-state index >= 15 is 0 Å². The van der Waals surface area contributed by atoms with Crippen LogP contribution >= 0.6 is 11.6 Å². The predicted octanol–water partition coefficient (Wildman–Crippen LogP) is 4.74. The van der Waals surface area contributed by atoms with Gasteiger partial charge < -0.3 is 19.1 Å². The Morgan fingerprint density at radius 3 is 2.71 bits per heavy atom. The molecule has 1 fully saturated rings. The quantitative estimate of drug-likeness (QED) is 0.463. The van der Waals surface area contributed by atoms with Gasteiger partial charge in [0.05, 0.1) is 18.0 Å². The maximum absolute atomic E-state index is 12.6. The molecule has 1 aliphatic rings. The second-order valence-electron chi connectivity index (χ2n) is 8.68. The third-order valence-corrected chi connectivity index (χ3v) is 6.24. The molecule has 0 bridgehead atoms. The average molecular weight is 449 g/mol. The fourth-order valence-corrected chi connectivity index (χ4v) is 4.49. The first-order chi connectivity index (χ1) is 14.7. The molecule has 8 heteroatoms. The first-order valence-electron chi connectivity index (χ1n) is 10.4. The molecular weight excluding hydrogens is 420 g/mol. The molecule has 31 heavy (non-hydrogen) atoms. The number of hydrogen-bond donors (Lipinski definition) is 1. The molecule has 1 saturated carbocycles. The lowest BCUT2D eigenvalue weighted by Crippen LogP contribution is -2.27. The van der Waals surface area contributed by atoms with Gasteiger partial charge in [-0.2, -0.15) is 0 Å². The molecule has 2 aromatic heterocycles. The highest BCUT2D eigenvalue weighted by atomic mass is 35.5. The van der Waals surface area contributed by atoms with Gasteiger partial charge in [0, 0.05) is 38.4 Å². The molecule has 0 aromatic carbocycles. The van der Waals surface area contributed by atoms with Crippen molar-refractivity contribution in [3.8, 4) is 17.1 Å². The SMILES string of the molecule is COCCCOc1cc(C)c(-c2cc(=O)c(C(=O)O)cn2[C@H]2CCCC2(C)C)nc1Cl. The molecule has 1 atom stereocenters. The van der Waals surface area contributed by atoms with Crippen LogP contribution in [0.1, 0.15) is 61.5 Å². The van der Waals surface area contributed by atoms with Crippen molar-refractivity contribution in [1.29, 1.82) is 0 Å². The van der Waals surface area contributed by atoms with Gasteiger partial charge in [-0.05, 0) is 36.8 Å². The standard InChI is InChI=1S/C23H29ClN2O5/c1-14-11-18(31-10-6-9-30-4)21(24)25-20(14)16-12-17(27)15(22(28)29)13-26(16)19-7-5-8-23(19,2)3/h11-13,19H,5-10H2,1-4H3,(H,28,29)/t19-/m0/s1. The van der Waals surface area contributed by atoms with Crippen molar-refractivity contribution < 1.29 is 19.4 Å². The van der Waals surface area contributed by atoms with Crippen LogP contribution in [0.25, 0.3) is 11.4 Å². The van der Waals surface area contributed by atoms with E-state index in [0.29, 0.717) is 30.4 Å². The first kappa shape index (κ1) is 23.3. The van der Waals surface area contributed by atoms with E-state index in [0.717, 1.165) is 31.2 Å². The van der Waals surface area contributed by atoms with Gasteiger partial charge in [0.1, 0.15) is 5.56 Å². The van der Waals surface area contributed by atoms with Crippen LogP contribution in [0, 0.1) is 12.3 Å². The fraction of sp³-hybridized carbons (Fsp3) is 0.522. The highest BCUT2D eigenvalue weighted by Crippen LogP contribution is 2.47.